The van der Waals surface area contributed by atoms with Crippen LogP contribution in [0.2, 0.25) is 0 Å². The monoisotopic (exact) mass is 458 g/mol. The number of alkyl halides is 5. The van der Waals surface area contributed by atoms with Gasteiger partial charge in [-0.05, 0) is 29.8 Å². The van der Waals surface area contributed by atoms with Crippen molar-refractivity contribution in [2.75, 3.05) is 0 Å². The van der Waals surface area contributed by atoms with Crippen LogP contribution in [-0.4, -0.2) is 10.5 Å². The molecule has 3 rings (SSSR count). The van der Waals surface area contributed by atoms with E-state index in [1.807, 2.05) is 0 Å². The molecule has 3 aromatic carbocycles. The summed E-state index contributed by atoms with van der Waals surface area (Å²) in [5, 5.41) is 0.469. The average Bonchev–Trinajstić information content (AvgIpc) is 2.73. The van der Waals surface area contributed by atoms with Gasteiger partial charge in [0.25, 0.3) is 7.37 Å². The van der Waals surface area contributed by atoms with Crippen molar-refractivity contribution < 1.29 is 22.3 Å². The van der Waals surface area contributed by atoms with E-state index >= 15 is 0 Å². The fourth-order valence-corrected chi connectivity index (χ4v) is 5.49. The third-order valence-corrected chi connectivity index (χ3v) is 7.54. The highest BCUT2D eigenvalue weighted by Gasteiger charge is 2.60. The van der Waals surface area contributed by atoms with Gasteiger partial charge in [-0.3, -0.25) is 4.57 Å². The summed E-state index contributed by atoms with van der Waals surface area (Å²) in [4.78, 5) is 0. The SMILES string of the molecule is O=P(OC(c1ccccc1)C(Cl)(Cl)C(F)(F)F)(c1ccccc1)c1ccccc1. The lowest BCUT2D eigenvalue weighted by molar-refractivity contribution is -0.159. The van der Waals surface area contributed by atoms with E-state index in [0.717, 1.165) is 0 Å². The minimum absolute atomic E-state index is 0.0573. The zero-order valence-corrected chi connectivity index (χ0v) is 17.3. The third kappa shape index (κ3) is 4.54. The van der Waals surface area contributed by atoms with E-state index in [2.05, 4.69) is 0 Å². The summed E-state index contributed by atoms with van der Waals surface area (Å²) in [7, 11) is -3.98. The van der Waals surface area contributed by atoms with Crippen LogP contribution in [0.15, 0.2) is 91.0 Å². The van der Waals surface area contributed by atoms with Gasteiger partial charge in [0.15, 0.2) is 0 Å². The van der Waals surface area contributed by atoms with Crippen molar-refractivity contribution in [1.29, 1.82) is 0 Å². The van der Waals surface area contributed by atoms with Crippen molar-refractivity contribution in [3.8, 4) is 0 Å². The summed E-state index contributed by atoms with van der Waals surface area (Å²) in [6.07, 6.45) is -6.97. The molecule has 3 aromatic rings. The van der Waals surface area contributed by atoms with Crippen molar-refractivity contribution in [3.63, 3.8) is 0 Å². The van der Waals surface area contributed by atoms with Crippen LogP contribution in [0.1, 0.15) is 11.7 Å². The Labute approximate surface area is 176 Å². The average molecular weight is 459 g/mol. The fourth-order valence-electron chi connectivity index (χ4n) is 2.78. The molecule has 0 aliphatic heterocycles. The quantitative estimate of drug-likeness (QED) is 0.315. The first-order valence-electron chi connectivity index (χ1n) is 8.55. The maximum absolute atomic E-state index is 14.1. The molecule has 1 unspecified atom stereocenters. The van der Waals surface area contributed by atoms with E-state index in [-0.39, 0.29) is 16.2 Å². The van der Waals surface area contributed by atoms with Crippen LogP contribution in [0.4, 0.5) is 13.2 Å². The molecule has 0 amide bonds. The number of rotatable bonds is 6. The lowest BCUT2D eigenvalue weighted by atomic mass is 10.1. The van der Waals surface area contributed by atoms with Gasteiger partial charge in [0.05, 0.1) is 0 Å². The van der Waals surface area contributed by atoms with Crippen molar-refractivity contribution >= 4 is 41.2 Å². The maximum atomic E-state index is 14.1. The van der Waals surface area contributed by atoms with Gasteiger partial charge in [0, 0.05) is 10.6 Å². The Morgan fingerprint density at radius 3 is 1.48 bits per heavy atom. The summed E-state index contributed by atoms with van der Waals surface area (Å²) >= 11 is 11.6. The molecule has 29 heavy (non-hydrogen) atoms. The summed E-state index contributed by atoms with van der Waals surface area (Å²) in [6, 6.07) is 23.6. The van der Waals surface area contributed by atoms with Gasteiger partial charge in [0.1, 0.15) is 6.10 Å². The van der Waals surface area contributed by atoms with E-state index in [1.165, 1.54) is 48.5 Å². The Morgan fingerprint density at radius 1 is 0.724 bits per heavy atom. The third-order valence-electron chi connectivity index (χ3n) is 4.26. The lowest BCUT2D eigenvalue weighted by Gasteiger charge is -2.34. The van der Waals surface area contributed by atoms with Gasteiger partial charge in [0.2, 0.25) is 4.33 Å². The first-order valence-corrected chi connectivity index (χ1v) is 10.9. The molecule has 0 spiro atoms. The number of benzene rings is 3. The van der Waals surface area contributed by atoms with Crippen LogP contribution in [-0.2, 0) is 9.09 Å². The Hall–Kier alpha value is -1.78. The summed E-state index contributed by atoms with van der Waals surface area (Å²) in [6.45, 7) is 0. The van der Waals surface area contributed by atoms with E-state index in [9.17, 15) is 17.7 Å². The second-order valence-corrected chi connectivity index (χ2v) is 9.97. The summed E-state index contributed by atoms with van der Waals surface area (Å²) < 4.78 is 57.6. The van der Waals surface area contributed by atoms with Gasteiger partial charge in [-0.1, -0.05) is 89.9 Å². The van der Waals surface area contributed by atoms with Gasteiger partial charge in [-0.2, -0.15) is 13.2 Å². The lowest BCUT2D eigenvalue weighted by Crippen LogP contribution is -2.41. The van der Waals surface area contributed by atoms with Crippen LogP contribution in [0.25, 0.3) is 0 Å². The Kier molecular flexibility index (Phi) is 6.45. The second-order valence-electron chi connectivity index (χ2n) is 6.24. The molecule has 0 aromatic heterocycles. The van der Waals surface area contributed by atoms with Crippen LogP contribution in [0, 0.1) is 0 Å². The van der Waals surface area contributed by atoms with Gasteiger partial charge in [-0.15, -0.1) is 0 Å². The topological polar surface area (TPSA) is 26.3 Å². The number of halogens is 5. The van der Waals surface area contributed by atoms with Crippen LogP contribution in [0.3, 0.4) is 0 Å². The van der Waals surface area contributed by atoms with Crippen molar-refractivity contribution in [3.05, 3.63) is 96.6 Å². The predicted molar refractivity (Wildman–Crippen MR) is 111 cm³/mol. The zero-order valence-electron chi connectivity index (χ0n) is 14.9. The minimum Gasteiger partial charge on any atom is -0.310 e. The summed E-state index contributed by atoms with van der Waals surface area (Å²) in [5.41, 5.74) is 0.0573. The second kappa shape index (κ2) is 8.53. The summed E-state index contributed by atoms with van der Waals surface area (Å²) in [5.74, 6) is 0. The molecule has 1 atom stereocenters. The molecule has 8 heteroatoms. The molecule has 0 radical (unpaired) electrons. The molecular formula is C21H16Cl2F3O2P. The smallest absolute Gasteiger partial charge is 0.310 e. The Bertz CT molecular complexity index is 938. The standard InChI is InChI=1S/C21H16Cl2F3O2P/c22-20(23,21(24,25)26)19(16-10-4-1-5-11-16)28-29(27,17-12-6-2-7-13-17)18-14-8-3-9-15-18/h1-15,19H. The zero-order chi connectivity index (χ0) is 21.1. The van der Waals surface area contributed by atoms with Crippen LogP contribution >= 0.6 is 30.6 Å². The molecule has 0 bridgehead atoms. The van der Waals surface area contributed by atoms with Gasteiger partial charge >= 0.3 is 6.18 Å². The van der Waals surface area contributed by atoms with Crippen LogP contribution in [0.5, 0.6) is 0 Å². The Morgan fingerprint density at radius 2 is 1.10 bits per heavy atom. The number of hydrogen-bond acceptors (Lipinski definition) is 2. The molecule has 0 N–H and O–H groups in total. The van der Waals surface area contributed by atoms with E-state index in [0.29, 0.717) is 0 Å². The first-order chi connectivity index (χ1) is 13.7. The molecule has 0 fully saturated rings. The van der Waals surface area contributed by atoms with Crippen LogP contribution < -0.4 is 10.6 Å². The van der Waals surface area contributed by atoms with E-state index in [1.54, 1.807) is 42.5 Å². The number of hydrogen-bond donors (Lipinski definition) is 0. The van der Waals surface area contributed by atoms with E-state index < -0.39 is 24.0 Å². The Balaban J connectivity index is 2.18. The van der Waals surface area contributed by atoms with E-state index in [4.69, 9.17) is 27.7 Å². The maximum Gasteiger partial charge on any atom is 0.424 e. The van der Waals surface area contributed by atoms with Crippen molar-refractivity contribution in [2.45, 2.75) is 16.6 Å². The van der Waals surface area contributed by atoms with Crippen molar-refractivity contribution in [1.82, 2.24) is 0 Å². The molecule has 2 nitrogen and oxygen atoms in total. The first kappa shape index (κ1) is 21.9. The highest BCUT2D eigenvalue weighted by atomic mass is 35.5. The highest BCUT2D eigenvalue weighted by Crippen LogP contribution is 2.57. The minimum atomic E-state index is -5.03. The molecule has 0 saturated carbocycles. The molecular weight excluding hydrogens is 443 g/mol. The van der Waals surface area contributed by atoms with Crippen molar-refractivity contribution in [2.24, 2.45) is 0 Å². The van der Waals surface area contributed by atoms with Gasteiger partial charge < -0.3 is 4.52 Å². The highest BCUT2D eigenvalue weighted by molar-refractivity contribution is 7.74. The molecule has 0 saturated heterocycles. The van der Waals surface area contributed by atoms with Gasteiger partial charge in [-0.25, -0.2) is 0 Å². The molecule has 152 valence electrons. The predicted octanol–water partition coefficient (Wildman–Crippen LogP) is 6.41. The normalized spacial score (nSPS) is 13.8. The molecule has 0 aliphatic carbocycles. The molecule has 0 aliphatic rings. The largest absolute Gasteiger partial charge is 0.424 e. The fraction of sp³-hybridized carbons (Fsp3) is 0.143. The molecule has 0 heterocycles.